The number of hydrogen-bond donors (Lipinski definition) is 1. The molecule has 2 rings (SSSR count). The molecule has 0 radical (unpaired) electrons. The van der Waals surface area contributed by atoms with Crippen LogP contribution in [0.4, 0.5) is 5.69 Å². The monoisotopic (exact) mass is 245 g/mol. The maximum absolute atomic E-state index is 3.82. The van der Waals surface area contributed by atoms with Crippen LogP contribution < -0.4 is 5.32 Å². The zero-order valence-electron chi connectivity index (χ0n) is 12.5. The van der Waals surface area contributed by atoms with Crippen molar-refractivity contribution < 1.29 is 0 Å². The van der Waals surface area contributed by atoms with Gasteiger partial charge in [-0.05, 0) is 56.6 Å². The van der Waals surface area contributed by atoms with Crippen LogP contribution in [0.15, 0.2) is 12.1 Å². The average Bonchev–Trinajstić information content (AvgIpc) is 2.28. The lowest BCUT2D eigenvalue weighted by Crippen LogP contribution is -2.33. The Morgan fingerprint density at radius 3 is 2.22 bits per heavy atom. The fourth-order valence-corrected chi connectivity index (χ4v) is 3.33. The molecule has 100 valence electrons. The van der Waals surface area contributed by atoms with Gasteiger partial charge in [-0.2, -0.15) is 0 Å². The van der Waals surface area contributed by atoms with E-state index in [-0.39, 0.29) is 0 Å². The van der Waals surface area contributed by atoms with Crippen LogP contribution in [0.3, 0.4) is 0 Å². The van der Waals surface area contributed by atoms with Crippen molar-refractivity contribution in [1.82, 2.24) is 0 Å². The van der Waals surface area contributed by atoms with Crippen LogP contribution in [-0.4, -0.2) is 6.04 Å². The van der Waals surface area contributed by atoms with Gasteiger partial charge in [-0.3, -0.25) is 0 Å². The molecule has 3 atom stereocenters. The Morgan fingerprint density at radius 2 is 1.61 bits per heavy atom. The van der Waals surface area contributed by atoms with Crippen molar-refractivity contribution in [2.45, 2.75) is 59.9 Å². The van der Waals surface area contributed by atoms with Crippen LogP contribution in [-0.2, 0) is 0 Å². The third kappa shape index (κ3) is 2.88. The van der Waals surface area contributed by atoms with Gasteiger partial charge in [-0.15, -0.1) is 0 Å². The van der Waals surface area contributed by atoms with Gasteiger partial charge in [0.25, 0.3) is 0 Å². The van der Waals surface area contributed by atoms with E-state index in [1.54, 1.807) is 0 Å². The minimum Gasteiger partial charge on any atom is -0.382 e. The predicted octanol–water partition coefficient (Wildman–Crippen LogP) is 4.85. The fraction of sp³-hybridized carbons (Fsp3) is 0.647. The Hall–Kier alpha value is -0.980. The van der Waals surface area contributed by atoms with Gasteiger partial charge in [-0.1, -0.05) is 38.0 Å². The summed E-state index contributed by atoms with van der Waals surface area (Å²) in [6.07, 6.45) is 4.07. The molecule has 1 heteroatoms. The molecule has 1 aromatic rings. The molecule has 3 unspecified atom stereocenters. The molecule has 1 saturated carbocycles. The first kappa shape index (κ1) is 13.5. The normalized spacial score (nSPS) is 28.2. The fourth-order valence-electron chi connectivity index (χ4n) is 3.33. The minimum atomic E-state index is 0.647. The van der Waals surface area contributed by atoms with Gasteiger partial charge in [0, 0.05) is 11.7 Å². The average molecular weight is 245 g/mol. The smallest absolute Gasteiger partial charge is 0.0402 e. The van der Waals surface area contributed by atoms with E-state index < -0.39 is 0 Å². The van der Waals surface area contributed by atoms with Crippen LogP contribution in [0.5, 0.6) is 0 Å². The highest BCUT2D eigenvalue weighted by Gasteiger charge is 2.25. The topological polar surface area (TPSA) is 12.0 Å². The summed E-state index contributed by atoms with van der Waals surface area (Å²) in [5.74, 6) is 1.66. The Kier molecular flexibility index (Phi) is 3.99. The first-order valence-corrected chi connectivity index (χ1v) is 7.31. The maximum Gasteiger partial charge on any atom is 0.0402 e. The molecule has 0 aromatic heterocycles. The number of aryl methyl sites for hydroxylation is 3. The van der Waals surface area contributed by atoms with Crippen molar-refractivity contribution in [3.63, 3.8) is 0 Å². The SMILES string of the molecule is Cc1cc(C)c(NC2CC(C)CCC2C)c(C)c1. The summed E-state index contributed by atoms with van der Waals surface area (Å²) in [6, 6.07) is 5.22. The molecule has 0 heterocycles. The summed E-state index contributed by atoms with van der Waals surface area (Å²) in [5, 5.41) is 3.82. The molecule has 0 saturated heterocycles. The standard InChI is InChI=1S/C17H27N/c1-11-6-7-13(3)16(10-11)18-17-14(4)8-12(2)9-15(17)5/h8-9,11,13,16,18H,6-7,10H2,1-5H3. The van der Waals surface area contributed by atoms with E-state index in [9.17, 15) is 0 Å². The third-order valence-electron chi connectivity index (χ3n) is 4.46. The highest BCUT2D eigenvalue weighted by molar-refractivity contribution is 5.58. The highest BCUT2D eigenvalue weighted by atomic mass is 14.9. The van der Waals surface area contributed by atoms with Crippen molar-refractivity contribution in [2.75, 3.05) is 5.32 Å². The second-order valence-corrected chi connectivity index (χ2v) is 6.42. The molecule has 1 fully saturated rings. The van der Waals surface area contributed by atoms with Crippen LogP contribution in [0, 0.1) is 32.6 Å². The first-order valence-electron chi connectivity index (χ1n) is 7.31. The summed E-state index contributed by atoms with van der Waals surface area (Å²) in [4.78, 5) is 0. The van der Waals surface area contributed by atoms with Gasteiger partial charge in [-0.25, -0.2) is 0 Å². The van der Waals surface area contributed by atoms with Gasteiger partial charge in [0.15, 0.2) is 0 Å². The van der Waals surface area contributed by atoms with E-state index in [4.69, 9.17) is 0 Å². The molecule has 1 aliphatic carbocycles. The van der Waals surface area contributed by atoms with Crippen molar-refractivity contribution in [3.8, 4) is 0 Å². The van der Waals surface area contributed by atoms with Crippen LogP contribution in [0.1, 0.15) is 49.8 Å². The van der Waals surface area contributed by atoms with Gasteiger partial charge in [0.1, 0.15) is 0 Å². The van der Waals surface area contributed by atoms with Crippen LogP contribution in [0.25, 0.3) is 0 Å². The molecule has 0 amide bonds. The molecule has 0 aliphatic heterocycles. The van der Waals surface area contributed by atoms with E-state index in [0.717, 1.165) is 11.8 Å². The van der Waals surface area contributed by atoms with Gasteiger partial charge >= 0.3 is 0 Å². The second-order valence-electron chi connectivity index (χ2n) is 6.42. The molecule has 1 aliphatic rings. The Morgan fingerprint density at radius 1 is 1.00 bits per heavy atom. The predicted molar refractivity (Wildman–Crippen MR) is 80.2 cm³/mol. The summed E-state index contributed by atoms with van der Waals surface area (Å²) in [6.45, 7) is 11.4. The van der Waals surface area contributed by atoms with E-state index in [1.165, 1.54) is 41.6 Å². The largest absolute Gasteiger partial charge is 0.382 e. The zero-order chi connectivity index (χ0) is 13.3. The maximum atomic E-state index is 3.82. The van der Waals surface area contributed by atoms with Gasteiger partial charge in [0.2, 0.25) is 0 Å². The van der Waals surface area contributed by atoms with Gasteiger partial charge < -0.3 is 5.32 Å². The van der Waals surface area contributed by atoms with E-state index in [1.807, 2.05) is 0 Å². The molecular weight excluding hydrogens is 218 g/mol. The second kappa shape index (κ2) is 5.34. The highest BCUT2D eigenvalue weighted by Crippen LogP contribution is 2.32. The number of anilines is 1. The number of rotatable bonds is 2. The van der Waals surface area contributed by atoms with Crippen LogP contribution >= 0.6 is 0 Å². The van der Waals surface area contributed by atoms with Crippen molar-refractivity contribution in [3.05, 3.63) is 28.8 Å². The lowest BCUT2D eigenvalue weighted by atomic mass is 9.80. The Balaban J connectivity index is 2.18. The van der Waals surface area contributed by atoms with Crippen molar-refractivity contribution in [1.29, 1.82) is 0 Å². The number of hydrogen-bond acceptors (Lipinski definition) is 1. The summed E-state index contributed by atoms with van der Waals surface area (Å²) < 4.78 is 0. The quantitative estimate of drug-likeness (QED) is 0.785. The van der Waals surface area contributed by atoms with Crippen LogP contribution in [0.2, 0.25) is 0 Å². The molecular formula is C17H27N. The zero-order valence-corrected chi connectivity index (χ0v) is 12.5. The van der Waals surface area contributed by atoms with E-state index in [2.05, 4.69) is 52.1 Å². The molecule has 0 spiro atoms. The lowest BCUT2D eigenvalue weighted by Gasteiger charge is -2.35. The molecule has 1 aromatic carbocycles. The molecule has 0 bridgehead atoms. The summed E-state index contributed by atoms with van der Waals surface area (Å²) in [5.41, 5.74) is 5.50. The lowest BCUT2D eigenvalue weighted by molar-refractivity contribution is 0.280. The summed E-state index contributed by atoms with van der Waals surface area (Å²) in [7, 11) is 0. The van der Waals surface area contributed by atoms with Crippen molar-refractivity contribution >= 4 is 5.69 Å². The third-order valence-corrected chi connectivity index (χ3v) is 4.46. The number of nitrogens with one attached hydrogen (secondary N) is 1. The first-order chi connectivity index (χ1) is 8.47. The number of benzene rings is 1. The van der Waals surface area contributed by atoms with Gasteiger partial charge in [0.05, 0.1) is 0 Å². The summed E-state index contributed by atoms with van der Waals surface area (Å²) >= 11 is 0. The Bertz CT molecular complexity index is 399. The van der Waals surface area contributed by atoms with Crippen molar-refractivity contribution in [2.24, 2.45) is 11.8 Å². The Labute approximate surface area is 112 Å². The molecule has 1 N–H and O–H groups in total. The molecule has 18 heavy (non-hydrogen) atoms. The minimum absolute atomic E-state index is 0.647. The molecule has 1 nitrogen and oxygen atoms in total. The van der Waals surface area contributed by atoms with E-state index in [0.29, 0.717) is 6.04 Å². The van der Waals surface area contributed by atoms with E-state index >= 15 is 0 Å².